The van der Waals surface area contributed by atoms with E-state index in [1.54, 1.807) is 6.07 Å². The Morgan fingerprint density at radius 3 is 2.62 bits per heavy atom. The van der Waals surface area contributed by atoms with E-state index >= 15 is 0 Å². The van der Waals surface area contributed by atoms with Gasteiger partial charge in [-0.05, 0) is 41.7 Å². The van der Waals surface area contributed by atoms with Crippen LogP contribution in [-0.4, -0.2) is 25.7 Å². The fourth-order valence-electron chi connectivity index (χ4n) is 3.08. The SMILES string of the molecule is O=S(=O)(Cc1cccc(F)c1)NC[C@]1(O)CCc2ccccc2C1. The number of halogens is 1. The first-order valence-electron chi connectivity index (χ1n) is 7.86. The minimum absolute atomic E-state index is 0.0427. The molecule has 0 unspecified atom stereocenters. The van der Waals surface area contributed by atoms with Gasteiger partial charge < -0.3 is 5.11 Å². The van der Waals surface area contributed by atoms with Crippen LogP contribution in [0.2, 0.25) is 0 Å². The summed E-state index contributed by atoms with van der Waals surface area (Å²) >= 11 is 0. The van der Waals surface area contributed by atoms with Gasteiger partial charge in [-0.25, -0.2) is 17.5 Å². The highest BCUT2D eigenvalue weighted by molar-refractivity contribution is 7.88. The van der Waals surface area contributed by atoms with Crippen LogP contribution in [0.1, 0.15) is 23.1 Å². The van der Waals surface area contributed by atoms with Crippen molar-refractivity contribution in [2.24, 2.45) is 0 Å². The molecule has 24 heavy (non-hydrogen) atoms. The normalized spacial score (nSPS) is 20.6. The van der Waals surface area contributed by atoms with Crippen LogP contribution in [0.4, 0.5) is 4.39 Å². The van der Waals surface area contributed by atoms with Crippen LogP contribution in [0.5, 0.6) is 0 Å². The van der Waals surface area contributed by atoms with Gasteiger partial charge in [0.15, 0.2) is 0 Å². The summed E-state index contributed by atoms with van der Waals surface area (Å²) in [6.45, 7) is -0.0427. The quantitative estimate of drug-likeness (QED) is 0.869. The first-order valence-corrected chi connectivity index (χ1v) is 9.51. The van der Waals surface area contributed by atoms with Crippen LogP contribution in [0.3, 0.4) is 0 Å². The molecule has 1 atom stereocenters. The van der Waals surface area contributed by atoms with Crippen molar-refractivity contribution in [3.05, 3.63) is 71.0 Å². The number of hydrogen-bond acceptors (Lipinski definition) is 3. The second-order valence-corrected chi connectivity index (χ2v) is 8.19. The van der Waals surface area contributed by atoms with E-state index in [2.05, 4.69) is 4.72 Å². The first-order chi connectivity index (χ1) is 11.4. The molecular weight excluding hydrogens is 329 g/mol. The van der Waals surface area contributed by atoms with Gasteiger partial charge in [-0.15, -0.1) is 0 Å². The number of rotatable bonds is 5. The van der Waals surface area contributed by atoms with Crippen molar-refractivity contribution in [3.8, 4) is 0 Å². The molecule has 0 heterocycles. The predicted octanol–water partition coefficient (Wildman–Crippen LogP) is 2.17. The van der Waals surface area contributed by atoms with Gasteiger partial charge in [-0.3, -0.25) is 0 Å². The van der Waals surface area contributed by atoms with E-state index < -0.39 is 21.4 Å². The third-order valence-corrected chi connectivity index (χ3v) is 5.66. The van der Waals surface area contributed by atoms with Crippen molar-refractivity contribution in [3.63, 3.8) is 0 Å². The van der Waals surface area contributed by atoms with Crippen molar-refractivity contribution < 1.29 is 17.9 Å². The lowest BCUT2D eigenvalue weighted by molar-refractivity contribution is 0.0317. The molecule has 3 rings (SSSR count). The van der Waals surface area contributed by atoms with Crippen molar-refractivity contribution in [1.82, 2.24) is 4.72 Å². The Kier molecular flexibility index (Phi) is 4.71. The van der Waals surface area contributed by atoms with Gasteiger partial charge in [0.2, 0.25) is 10.0 Å². The Balaban J connectivity index is 1.64. The highest BCUT2D eigenvalue weighted by Crippen LogP contribution is 2.28. The van der Waals surface area contributed by atoms with E-state index in [0.717, 1.165) is 12.0 Å². The third-order valence-electron chi connectivity index (χ3n) is 4.36. The summed E-state index contributed by atoms with van der Waals surface area (Å²) in [5.74, 6) is -0.776. The van der Waals surface area contributed by atoms with E-state index in [1.807, 2.05) is 24.3 Å². The first kappa shape index (κ1) is 17.1. The van der Waals surface area contributed by atoms with Gasteiger partial charge in [0.05, 0.1) is 11.4 Å². The summed E-state index contributed by atoms with van der Waals surface area (Å²) in [6, 6.07) is 13.4. The largest absolute Gasteiger partial charge is 0.388 e. The lowest BCUT2D eigenvalue weighted by Gasteiger charge is -2.33. The fourth-order valence-corrected chi connectivity index (χ4v) is 4.29. The van der Waals surface area contributed by atoms with E-state index in [1.165, 1.54) is 23.8 Å². The summed E-state index contributed by atoms with van der Waals surface area (Å²) in [4.78, 5) is 0. The molecule has 0 spiro atoms. The predicted molar refractivity (Wildman–Crippen MR) is 90.4 cm³/mol. The minimum Gasteiger partial charge on any atom is -0.388 e. The van der Waals surface area contributed by atoms with E-state index in [9.17, 15) is 17.9 Å². The molecule has 128 valence electrons. The Hall–Kier alpha value is -1.76. The van der Waals surface area contributed by atoms with Crippen LogP contribution in [0.25, 0.3) is 0 Å². The number of nitrogens with one attached hydrogen (secondary N) is 1. The fraction of sp³-hybridized carbons (Fsp3) is 0.333. The molecule has 0 bridgehead atoms. The van der Waals surface area contributed by atoms with Crippen LogP contribution in [0, 0.1) is 5.82 Å². The maximum absolute atomic E-state index is 13.2. The number of hydrogen-bond donors (Lipinski definition) is 2. The van der Waals surface area contributed by atoms with Gasteiger partial charge in [0.25, 0.3) is 0 Å². The zero-order valence-corrected chi connectivity index (χ0v) is 14.0. The van der Waals surface area contributed by atoms with Gasteiger partial charge in [0.1, 0.15) is 5.82 Å². The zero-order valence-electron chi connectivity index (χ0n) is 13.2. The molecule has 4 nitrogen and oxygen atoms in total. The molecule has 6 heteroatoms. The number of aliphatic hydroxyl groups is 1. The third kappa shape index (κ3) is 4.20. The average Bonchev–Trinajstić information content (AvgIpc) is 2.53. The molecule has 0 aromatic heterocycles. The maximum atomic E-state index is 13.2. The lowest BCUT2D eigenvalue weighted by atomic mass is 9.80. The standard InChI is InChI=1S/C18H20FNO3S/c19-17-7-3-4-14(10-17)12-24(22,23)20-13-18(21)9-8-15-5-1-2-6-16(15)11-18/h1-7,10,20-21H,8-9,11-13H2/t18-/m0/s1. The monoisotopic (exact) mass is 349 g/mol. The van der Waals surface area contributed by atoms with Crippen LogP contribution < -0.4 is 4.72 Å². The molecule has 1 aliphatic carbocycles. The Bertz CT molecular complexity index is 838. The van der Waals surface area contributed by atoms with Crippen molar-refractivity contribution in [2.75, 3.05) is 6.54 Å². The molecule has 2 aromatic rings. The smallest absolute Gasteiger partial charge is 0.215 e. The molecule has 0 aliphatic heterocycles. The number of fused-ring (bicyclic) bond motifs is 1. The maximum Gasteiger partial charge on any atom is 0.215 e. The number of sulfonamides is 1. The van der Waals surface area contributed by atoms with Gasteiger partial charge in [-0.2, -0.15) is 0 Å². The van der Waals surface area contributed by atoms with Crippen LogP contribution in [0.15, 0.2) is 48.5 Å². The van der Waals surface area contributed by atoms with Gasteiger partial charge >= 0.3 is 0 Å². The summed E-state index contributed by atoms with van der Waals surface area (Å²) < 4.78 is 40.0. The summed E-state index contributed by atoms with van der Waals surface area (Å²) in [5.41, 5.74) is 1.53. The molecule has 0 fully saturated rings. The average molecular weight is 349 g/mol. The summed E-state index contributed by atoms with van der Waals surface area (Å²) in [6.07, 6.45) is 1.65. The van der Waals surface area contributed by atoms with Gasteiger partial charge in [-0.1, -0.05) is 36.4 Å². The zero-order chi connectivity index (χ0) is 17.2. The molecule has 0 saturated carbocycles. The van der Waals surface area contributed by atoms with E-state index in [-0.39, 0.29) is 12.3 Å². The number of aryl methyl sites for hydroxylation is 1. The van der Waals surface area contributed by atoms with Crippen LogP contribution >= 0.6 is 0 Å². The molecule has 1 aliphatic rings. The Labute approximate surface area is 141 Å². The Morgan fingerprint density at radius 2 is 1.88 bits per heavy atom. The number of benzene rings is 2. The summed E-state index contributed by atoms with van der Waals surface area (Å²) in [5, 5.41) is 10.7. The molecular formula is C18H20FNO3S. The molecule has 0 saturated heterocycles. The minimum atomic E-state index is -3.64. The van der Waals surface area contributed by atoms with Crippen molar-refractivity contribution in [2.45, 2.75) is 30.6 Å². The van der Waals surface area contributed by atoms with Crippen LogP contribution in [-0.2, 0) is 28.6 Å². The van der Waals surface area contributed by atoms with Gasteiger partial charge in [0, 0.05) is 13.0 Å². The molecule has 0 amide bonds. The topological polar surface area (TPSA) is 66.4 Å². The van der Waals surface area contributed by atoms with Crippen molar-refractivity contribution >= 4 is 10.0 Å². The molecule has 2 N–H and O–H groups in total. The van der Waals surface area contributed by atoms with E-state index in [4.69, 9.17) is 0 Å². The molecule has 0 radical (unpaired) electrons. The highest BCUT2D eigenvalue weighted by atomic mass is 32.2. The lowest BCUT2D eigenvalue weighted by Crippen LogP contribution is -2.46. The van der Waals surface area contributed by atoms with Crippen molar-refractivity contribution in [1.29, 1.82) is 0 Å². The highest BCUT2D eigenvalue weighted by Gasteiger charge is 2.33. The van der Waals surface area contributed by atoms with E-state index in [0.29, 0.717) is 18.4 Å². The summed E-state index contributed by atoms with van der Waals surface area (Å²) in [7, 11) is -3.64. The second-order valence-electron chi connectivity index (χ2n) is 6.38. The molecule has 2 aromatic carbocycles. The Morgan fingerprint density at radius 1 is 1.12 bits per heavy atom. The second kappa shape index (κ2) is 6.63.